The molecule has 0 N–H and O–H groups in total. The van der Waals surface area contributed by atoms with E-state index in [9.17, 15) is 9.59 Å². The number of hydrogen-bond donors (Lipinski definition) is 0. The van der Waals surface area contributed by atoms with E-state index in [1.54, 1.807) is 7.05 Å². The van der Waals surface area contributed by atoms with Crippen LogP contribution in [-0.2, 0) is 14.1 Å². The Morgan fingerprint density at radius 2 is 1.88 bits per heavy atom. The molecular formula is C11H17BrN2O2S. The van der Waals surface area contributed by atoms with E-state index in [4.69, 9.17) is 0 Å². The van der Waals surface area contributed by atoms with Crippen molar-refractivity contribution in [1.29, 1.82) is 0 Å². The summed E-state index contributed by atoms with van der Waals surface area (Å²) in [5.74, 6) is 0.846. The maximum absolute atomic E-state index is 11.7. The Labute approximate surface area is 113 Å². The predicted octanol–water partition coefficient (Wildman–Crippen LogP) is 1.60. The molecule has 0 unspecified atom stereocenters. The van der Waals surface area contributed by atoms with Crippen molar-refractivity contribution in [2.24, 2.45) is 19.5 Å². The van der Waals surface area contributed by atoms with Crippen LogP contribution in [0.1, 0.15) is 13.8 Å². The highest BCUT2D eigenvalue weighted by Gasteiger charge is 2.17. The molecule has 1 aromatic heterocycles. The molecule has 17 heavy (non-hydrogen) atoms. The minimum absolute atomic E-state index is 0.127. The molecule has 0 atom stereocenters. The average molecular weight is 321 g/mol. The Hall–Kier alpha value is -0.490. The normalized spacial score (nSPS) is 11.8. The Kier molecular flexibility index (Phi) is 4.66. The van der Waals surface area contributed by atoms with Crippen LogP contribution in [0, 0.1) is 5.41 Å². The molecule has 1 aromatic rings. The number of hydrogen-bond acceptors (Lipinski definition) is 3. The van der Waals surface area contributed by atoms with Gasteiger partial charge in [-0.1, -0.05) is 29.8 Å². The summed E-state index contributed by atoms with van der Waals surface area (Å²) < 4.78 is 2.62. The topological polar surface area (TPSA) is 44.0 Å². The second kappa shape index (κ2) is 5.44. The fourth-order valence-electron chi connectivity index (χ4n) is 1.16. The van der Waals surface area contributed by atoms with Gasteiger partial charge in [-0.15, -0.1) is 11.8 Å². The summed E-state index contributed by atoms with van der Waals surface area (Å²) in [6, 6.07) is 1.51. The van der Waals surface area contributed by atoms with Crippen LogP contribution in [0.25, 0.3) is 0 Å². The van der Waals surface area contributed by atoms with E-state index in [2.05, 4.69) is 29.8 Å². The molecule has 1 heterocycles. The van der Waals surface area contributed by atoms with Crippen molar-refractivity contribution >= 4 is 27.7 Å². The number of nitrogens with zero attached hydrogens (tertiary/aromatic N) is 2. The average Bonchev–Trinajstić information content (AvgIpc) is 2.29. The Morgan fingerprint density at radius 1 is 1.29 bits per heavy atom. The number of thioether (sulfide) groups is 1. The third kappa shape index (κ3) is 3.48. The lowest BCUT2D eigenvalue weighted by Crippen LogP contribution is -2.37. The van der Waals surface area contributed by atoms with Gasteiger partial charge in [0.2, 0.25) is 0 Å². The lowest BCUT2D eigenvalue weighted by atomic mass is 10.0. The zero-order valence-corrected chi connectivity index (χ0v) is 12.9. The lowest BCUT2D eigenvalue weighted by molar-refractivity contribution is 0.495. The first-order valence-corrected chi connectivity index (χ1v) is 7.35. The van der Waals surface area contributed by atoms with Crippen molar-refractivity contribution in [3.63, 3.8) is 0 Å². The van der Waals surface area contributed by atoms with Gasteiger partial charge in [0.15, 0.2) is 0 Å². The van der Waals surface area contributed by atoms with Crippen molar-refractivity contribution in [3.8, 4) is 0 Å². The summed E-state index contributed by atoms with van der Waals surface area (Å²) in [6.07, 6.45) is 0. The molecule has 0 fully saturated rings. The summed E-state index contributed by atoms with van der Waals surface area (Å²) in [4.78, 5) is 23.2. The van der Waals surface area contributed by atoms with E-state index in [0.717, 1.165) is 15.7 Å². The summed E-state index contributed by atoms with van der Waals surface area (Å²) in [7, 11) is 3.17. The molecule has 0 aliphatic heterocycles. The zero-order chi connectivity index (χ0) is 13.2. The minimum atomic E-state index is -0.281. The fourth-order valence-corrected chi connectivity index (χ4v) is 2.72. The minimum Gasteiger partial charge on any atom is -0.291 e. The van der Waals surface area contributed by atoms with Gasteiger partial charge in [0.25, 0.3) is 5.56 Å². The molecule has 0 amide bonds. The van der Waals surface area contributed by atoms with Crippen molar-refractivity contribution in [2.75, 3.05) is 11.1 Å². The van der Waals surface area contributed by atoms with Gasteiger partial charge < -0.3 is 0 Å². The maximum Gasteiger partial charge on any atom is 0.331 e. The van der Waals surface area contributed by atoms with Gasteiger partial charge in [-0.3, -0.25) is 13.9 Å². The molecule has 0 bridgehead atoms. The number of aromatic nitrogens is 2. The van der Waals surface area contributed by atoms with Gasteiger partial charge >= 0.3 is 5.69 Å². The summed E-state index contributed by atoms with van der Waals surface area (Å²) >= 11 is 4.99. The highest BCUT2D eigenvalue weighted by atomic mass is 79.9. The summed E-state index contributed by atoms with van der Waals surface area (Å²) in [5.41, 5.74) is -0.411. The van der Waals surface area contributed by atoms with Crippen LogP contribution in [-0.4, -0.2) is 20.2 Å². The van der Waals surface area contributed by atoms with Crippen molar-refractivity contribution < 1.29 is 0 Å². The molecule has 1 rings (SSSR count). The van der Waals surface area contributed by atoms with Crippen LogP contribution in [0.2, 0.25) is 0 Å². The molecule has 0 saturated heterocycles. The van der Waals surface area contributed by atoms with E-state index in [1.807, 2.05) is 0 Å². The van der Waals surface area contributed by atoms with Gasteiger partial charge in [0.05, 0.1) is 5.03 Å². The van der Waals surface area contributed by atoms with Crippen LogP contribution < -0.4 is 11.2 Å². The molecule has 0 radical (unpaired) electrons. The monoisotopic (exact) mass is 320 g/mol. The molecule has 0 aromatic carbocycles. The largest absolute Gasteiger partial charge is 0.331 e. The highest BCUT2D eigenvalue weighted by Crippen LogP contribution is 2.27. The zero-order valence-electron chi connectivity index (χ0n) is 10.5. The van der Waals surface area contributed by atoms with E-state index in [-0.39, 0.29) is 16.7 Å². The van der Waals surface area contributed by atoms with Crippen LogP contribution in [0.4, 0.5) is 0 Å². The predicted molar refractivity (Wildman–Crippen MR) is 75.2 cm³/mol. The summed E-state index contributed by atoms with van der Waals surface area (Å²) in [5, 5.41) is 1.60. The number of halogens is 1. The molecule has 4 nitrogen and oxygen atoms in total. The van der Waals surface area contributed by atoms with Gasteiger partial charge in [0, 0.05) is 31.2 Å². The quantitative estimate of drug-likeness (QED) is 0.481. The van der Waals surface area contributed by atoms with Gasteiger partial charge in [-0.25, -0.2) is 4.79 Å². The lowest BCUT2D eigenvalue weighted by Gasteiger charge is -2.21. The molecule has 96 valence electrons. The van der Waals surface area contributed by atoms with Gasteiger partial charge in [-0.05, 0) is 5.41 Å². The van der Waals surface area contributed by atoms with Crippen LogP contribution in [0.15, 0.2) is 20.7 Å². The van der Waals surface area contributed by atoms with E-state index in [0.29, 0.717) is 5.03 Å². The van der Waals surface area contributed by atoms with E-state index < -0.39 is 0 Å². The van der Waals surface area contributed by atoms with Gasteiger partial charge in [0.1, 0.15) is 0 Å². The molecule has 0 aliphatic rings. The first-order valence-electron chi connectivity index (χ1n) is 5.24. The number of rotatable bonds is 4. The van der Waals surface area contributed by atoms with Gasteiger partial charge in [-0.2, -0.15) is 0 Å². The van der Waals surface area contributed by atoms with Crippen molar-refractivity contribution in [1.82, 2.24) is 9.13 Å². The highest BCUT2D eigenvalue weighted by molar-refractivity contribution is 9.09. The molecular weight excluding hydrogens is 304 g/mol. The first kappa shape index (κ1) is 14.6. The Morgan fingerprint density at radius 3 is 2.41 bits per heavy atom. The molecule has 0 spiro atoms. The fraction of sp³-hybridized carbons (Fsp3) is 0.636. The van der Waals surface area contributed by atoms with E-state index >= 15 is 0 Å². The van der Waals surface area contributed by atoms with Crippen LogP contribution in [0.3, 0.4) is 0 Å². The maximum atomic E-state index is 11.7. The molecule has 0 aliphatic carbocycles. The second-order valence-corrected chi connectivity index (χ2v) is 6.36. The number of alkyl halides is 1. The Balaban J connectivity index is 3.02. The Bertz CT molecular complexity index is 519. The van der Waals surface area contributed by atoms with Crippen LogP contribution >= 0.6 is 27.7 Å². The standard InChI is InChI=1S/C11H17BrN2O2S/c1-11(2,6-12)7-17-9-5-8(15)13(3)10(16)14(9)4/h5H,6-7H2,1-4H3. The first-order chi connectivity index (χ1) is 7.78. The smallest absolute Gasteiger partial charge is 0.291 e. The molecule has 0 saturated carbocycles. The second-order valence-electron chi connectivity index (χ2n) is 4.81. The third-order valence-electron chi connectivity index (χ3n) is 2.45. The van der Waals surface area contributed by atoms with Crippen molar-refractivity contribution in [3.05, 3.63) is 26.9 Å². The summed E-state index contributed by atoms with van der Waals surface area (Å²) in [6.45, 7) is 4.27. The SMILES string of the molecule is Cn1c(SCC(C)(C)CBr)cc(=O)n(C)c1=O. The third-order valence-corrected chi connectivity index (χ3v) is 5.59. The molecule has 6 heteroatoms. The van der Waals surface area contributed by atoms with Crippen LogP contribution in [0.5, 0.6) is 0 Å². The van der Waals surface area contributed by atoms with Crippen molar-refractivity contribution in [2.45, 2.75) is 18.9 Å². The van der Waals surface area contributed by atoms with E-state index in [1.165, 1.54) is 29.4 Å².